The summed E-state index contributed by atoms with van der Waals surface area (Å²) >= 11 is 0. The monoisotopic (exact) mass is 771 g/mol. The van der Waals surface area contributed by atoms with E-state index in [2.05, 4.69) is 27.6 Å². The fraction of sp³-hybridized carbons (Fsp3) is 0.447. The molecule has 3 fully saturated rings. The zero-order chi connectivity index (χ0) is 39.4. The van der Waals surface area contributed by atoms with Crippen molar-refractivity contribution in [3.63, 3.8) is 0 Å². The average Bonchev–Trinajstić information content (AvgIpc) is 3.68. The molecule has 1 heterocycles. The molecule has 57 heavy (non-hydrogen) atoms. The quantitative estimate of drug-likeness (QED) is 0.111. The first-order chi connectivity index (χ1) is 27.9. The van der Waals surface area contributed by atoms with Crippen molar-refractivity contribution in [1.29, 1.82) is 0 Å². The molecule has 1 aromatic heterocycles. The first-order valence-corrected chi connectivity index (χ1v) is 21.0. The maximum absolute atomic E-state index is 14.2. The highest BCUT2D eigenvalue weighted by molar-refractivity contribution is 6.06. The summed E-state index contributed by atoms with van der Waals surface area (Å²) < 4.78 is 14.2. The smallest absolute Gasteiger partial charge is 0.276 e. The summed E-state index contributed by atoms with van der Waals surface area (Å²) in [6.07, 6.45) is 13.7. The van der Waals surface area contributed by atoms with Crippen LogP contribution in [0, 0.1) is 11.8 Å². The van der Waals surface area contributed by atoms with Crippen LogP contribution in [0.5, 0.6) is 0 Å². The van der Waals surface area contributed by atoms with Gasteiger partial charge in [0, 0.05) is 35.5 Å². The van der Waals surface area contributed by atoms with Crippen LogP contribution in [0.25, 0.3) is 11.1 Å². The van der Waals surface area contributed by atoms with Crippen LogP contribution in [0.2, 0.25) is 0 Å². The Morgan fingerprint density at radius 1 is 0.719 bits per heavy atom. The SMILES string of the molecule is C=C(NC(=O)c1cc(C(=O)Nc2ccccc2-c2ccccc2)nn1CC(=O)N[C@H]1CCCC[C@@H]1OCc1ccccc1)C1CCCC[C@@H]1OCC1CCCCC1. The number of carbonyl (C=O) groups excluding carboxylic acids is 3. The highest BCUT2D eigenvalue weighted by Gasteiger charge is 2.32. The largest absolute Gasteiger partial charge is 0.377 e. The van der Waals surface area contributed by atoms with Crippen molar-refractivity contribution in [2.24, 2.45) is 11.8 Å². The number of nitrogens with one attached hydrogen (secondary N) is 3. The Labute approximate surface area is 336 Å². The lowest BCUT2D eigenvalue weighted by molar-refractivity contribution is -0.124. The standard InChI is InChI=1S/C47H57N5O5/c1-33(37-23-12-15-27-43(37)56-31-34-17-5-2-6-18-34)48-47(55)42-29-41(46(54)50-39-25-13-11-24-38(39)36-21-9-4-10-22-36)51-52(42)30-45(53)49-40-26-14-16-28-44(40)57-32-35-19-7-3-8-20-35/h3-4,7-11,13,19-22,24-25,29,34,37,40,43-44H,1-2,5-6,12,14-18,23,26-28,30-32H2,(H,48,55)(H,49,53)(H,50,54)/t37?,40-,43-,44-/m0/s1. The number of anilines is 1. The molecule has 3 N–H and O–H groups in total. The maximum Gasteiger partial charge on any atom is 0.276 e. The molecule has 0 saturated heterocycles. The molecular formula is C47H57N5O5. The third kappa shape index (κ3) is 10.9. The van der Waals surface area contributed by atoms with Crippen LogP contribution in [-0.4, -0.2) is 52.4 Å². The molecule has 3 saturated carbocycles. The van der Waals surface area contributed by atoms with Gasteiger partial charge in [-0.3, -0.25) is 14.4 Å². The predicted octanol–water partition coefficient (Wildman–Crippen LogP) is 8.85. The van der Waals surface area contributed by atoms with E-state index in [-0.39, 0.29) is 48.0 Å². The molecule has 3 aliphatic rings. The summed E-state index contributed by atoms with van der Waals surface area (Å²) in [6.45, 7) is 5.29. The number of para-hydroxylation sites is 1. The van der Waals surface area contributed by atoms with Gasteiger partial charge in [0.1, 0.15) is 12.2 Å². The Bertz CT molecular complexity index is 1960. The molecule has 0 aliphatic heterocycles. The molecule has 0 spiro atoms. The zero-order valence-corrected chi connectivity index (χ0v) is 33.0. The highest BCUT2D eigenvalue weighted by atomic mass is 16.5. The van der Waals surface area contributed by atoms with Crippen LogP contribution in [0.3, 0.4) is 0 Å². The third-order valence-electron chi connectivity index (χ3n) is 11.8. The molecule has 3 aliphatic carbocycles. The Balaban J connectivity index is 1.07. The van der Waals surface area contributed by atoms with E-state index in [1.807, 2.05) is 84.9 Å². The lowest BCUT2D eigenvalue weighted by atomic mass is 9.84. The molecule has 4 aromatic rings. The van der Waals surface area contributed by atoms with Crippen molar-refractivity contribution in [3.05, 3.63) is 120 Å². The Morgan fingerprint density at radius 2 is 1.39 bits per heavy atom. The van der Waals surface area contributed by atoms with Crippen LogP contribution in [-0.2, 0) is 27.4 Å². The first kappa shape index (κ1) is 40.1. The summed E-state index contributed by atoms with van der Waals surface area (Å²) in [7, 11) is 0. The Morgan fingerprint density at radius 3 is 2.18 bits per heavy atom. The number of benzene rings is 3. The van der Waals surface area contributed by atoms with Gasteiger partial charge < -0.3 is 25.4 Å². The summed E-state index contributed by atoms with van der Waals surface area (Å²) in [4.78, 5) is 41.8. The molecule has 10 heteroatoms. The number of hydrogen-bond donors (Lipinski definition) is 3. The van der Waals surface area contributed by atoms with Crippen molar-refractivity contribution in [1.82, 2.24) is 20.4 Å². The van der Waals surface area contributed by atoms with Gasteiger partial charge in [-0.25, -0.2) is 4.68 Å². The second-order valence-corrected chi connectivity index (χ2v) is 16.0. The number of nitrogens with zero attached hydrogens (tertiary/aromatic N) is 2. The van der Waals surface area contributed by atoms with Crippen LogP contribution >= 0.6 is 0 Å². The van der Waals surface area contributed by atoms with E-state index in [1.165, 1.54) is 42.9 Å². The van der Waals surface area contributed by atoms with Crippen molar-refractivity contribution in [2.75, 3.05) is 11.9 Å². The zero-order valence-electron chi connectivity index (χ0n) is 33.0. The normalized spacial score (nSPS) is 21.3. The lowest BCUT2D eigenvalue weighted by Crippen LogP contribution is -2.47. The summed E-state index contributed by atoms with van der Waals surface area (Å²) in [6, 6.07) is 28.6. The van der Waals surface area contributed by atoms with Crippen LogP contribution < -0.4 is 16.0 Å². The van der Waals surface area contributed by atoms with Gasteiger partial charge >= 0.3 is 0 Å². The summed E-state index contributed by atoms with van der Waals surface area (Å²) in [5.41, 5.74) is 4.20. The van der Waals surface area contributed by atoms with Gasteiger partial charge in [-0.1, -0.05) is 130 Å². The highest BCUT2D eigenvalue weighted by Crippen LogP contribution is 2.33. The van der Waals surface area contributed by atoms with Crippen LogP contribution in [0.1, 0.15) is 110 Å². The van der Waals surface area contributed by atoms with E-state index in [0.717, 1.165) is 74.7 Å². The van der Waals surface area contributed by atoms with E-state index >= 15 is 0 Å². The average molecular weight is 772 g/mol. The third-order valence-corrected chi connectivity index (χ3v) is 11.8. The fourth-order valence-electron chi connectivity index (χ4n) is 8.72. The first-order valence-electron chi connectivity index (χ1n) is 21.0. The maximum atomic E-state index is 14.2. The van der Waals surface area contributed by atoms with E-state index in [4.69, 9.17) is 9.47 Å². The van der Waals surface area contributed by atoms with E-state index in [0.29, 0.717) is 23.9 Å². The fourth-order valence-corrected chi connectivity index (χ4v) is 8.72. The van der Waals surface area contributed by atoms with Crippen molar-refractivity contribution in [2.45, 2.75) is 115 Å². The number of ether oxygens (including phenoxy) is 2. The van der Waals surface area contributed by atoms with Crippen molar-refractivity contribution in [3.8, 4) is 11.1 Å². The number of hydrogen-bond acceptors (Lipinski definition) is 6. The molecule has 0 radical (unpaired) electrons. The van der Waals surface area contributed by atoms with Gasteiger partial charge in [-0.15, -0.1) is 0 Å². The summed E-state index contributed by atoms with van der Waals surface area (Å²) in [5, 5.41) is 13.8. The number of rotatable bonds is 15. The number of carbonyl (C=O) groups is 3. The lowest BCUT2D eigenvalue weighted by Gasteiger charge is -2.34. The second-order valence-electron chi connectivity index (χ2n) is 16.0. The van der Waals surface area contributed by atoms with Gasteiger partial charge in [0.25, 0.3) is 11.8 Å². The van der Waals surface area contributed by atoms with Gasteiger partial charge in [-0.2, -0.15) is 5.10 Å². The molecule has 3 aromatic carbocycles. The predicted molar refractivity (Wildman–Crippen MR) is 222 cm³/mol. The van der Waals surface area contributed by atoms with Gasteiger partial charge in [0.2, 0.25) is 5.91 Å². The van der Waals surface area contributed by atoms with Crippen molar-refractivity contribution < 1.29 is 23.9 Å². The Hall–Kier alpha value is -5.06. The van der Waals surface area contributed by atoms with Crippen molar-refractivity contribution >= 4 is 23.4 Å². The Kier molecular flexibility index (Phi) is 14.0. The summed E-state index contributed by atoms with van der Waals surface area (Å²) in [5.74, 6) is -0.704. The van der Waals surface area contributed by atoms with Gasteiger partial charge in [-0.05, 0) is 61.6 Å². The van der Waals surface area contributed by atoms with Gasteiger partial charge in [0.15, 0.2) is 5.69 Å². The van der Waals surface area contributed by atoms with E-state index in [9.17, 15) is 14.4 Å². The van der Waals surface area contributed by atoms with E-state index < -0.39 is 11.8 Å². The van der Waals surface area contributed by atoms with Crippen LogP contribution in [0.15, 0.2) is 103 Å². The minimum atomic E-state index is -0.490. The minimum absolute atomic E-state index is 0.0114. The molecule has 4 atom stereocenters. The van der Waals surface area contributed by atoms with E-state index in [1.54, 1.807) is 0 Å². The molecular weight excluding hydrogens is 715 g/mol. The molecule has 7 rings (SSSR count). The number of aromatic nitrogens is 2. The molecule has 0 bridgehead atoms. The molecule has 1 unspecified atom stereocenters. The molecule has 3 amide bonds. The van der Waals surface area contributed by atoms with Crippen LogP contribution in [0.4, 0.5) is 5.69 Å². The minimum Gasteiger partial charge on any atom is -0.377 e. The second kappa shape index (κ2) is 19.9. The number of amides is 3. The molecule has 10 nitrogen and oxygen atoms in total. The molecule has 300 valence electrons. The topological polar surface area (TPSA) is 124 Å². The van der Waals surface area contributed by atoms with Gasteiger partial charge in [0.05, 0.1) is 24.9 Å².